The van der Waals surface area contributed by atoms with E-state index in [2.05, 4.69) is 15.9 Å². The number of terminal acetylenes is 1. The van der Waals surface area contributed by atoms with Gasteiger partial charge >= 0.3 is 0 Å². The lowest BCUT2D eigenvalue weighted by atomic mass is 10.3. The minimum Gasteiger partial charge on any atom is -0.290 e. The summed E-state index contributed by atoms with van der Waals surface area (Å²) in [6.45, 7) is 1.86. The third-order valence-corrected chi connectivity index (χ3v) is 1.29. The Hall–Kier alpha value is -1.69. The molecule has 0 spiro atoms. The smallest absolute Gasteiger partial charge is 0.211 e. The number of carbonyl (C=O) groups excluding carboxylic acids is 1. The number of hydrogen-bond donors (Lipinski definition) is 0. The van der Waals surface area contributed by atoms with Gasteiger partial charge in [0.1, 0.15) is 0 Å². The number of nitrogens with zero attached hydrogens (tertiary/aromatic N) is 2. The van der Waals surface area contributed by atoms with Crippen LogP contribution in [0.15, 0.2) is 12.4 Å². The minimum absolute atomic E-state index is 0.0586. The van der Waals surface area contributed by atoms with E-state index in [4.69, 9.17) is 6.42 Å². The summed E-state index contributed by atoms with van der Waals surface area (Å²) in [5.41, 5.74) is 0.923. The fraction of sp³-hybridized carbons (Fsp3) is 0.222. The average Bonchev–Trinajstić information content (AvgIpc) is 2.06. The highest BCUT2D eigenvalue weighted by Gasteiger charge is 2.05. The van der Waals surface area contributed by atoms with Gasteiger partial charge in [-0.2, -0.15) is 0 Å². The first-order valence-electron chi connectivity index (χ1n) is 3.49. The molecule has 0 atom stereocenters. The minimum atomic E-state index is -0.211. The number of hydrogen-bond acceptors (Lipinski definition) is 3. The summed E-state index contributed by atoms with van der Waals surface area (Å²) in [4.78, 5) is 18.8. The lowest BCUT2D eigenvalue weighted by Gasteiger charge is -1.94. The van der Waals surface area contributed by atoms with Crippen molar-refractivity contribution >= 4 is 5.78 Å². The number of carbonyl (C=O) groups is 1. The van der Waals surface area contributed by atoms with Crippen LogP contribution < -0.4 is 0 Å². The Kier molecular flexibility index (Phi) is 2.54. The monoisotopic (exact) mass is 160 g/mol. The van der Waals surface area contributed by atoms with Gasteiger partial charge in [-0.3, -0.25) is 4.79 Å². The lowest BCUT2D eigenvalue weighted by Crippen LogP contribution is -2.03. The molecule has 1 rings (SSSR count). The van der Waals surface area contributed by atoms with Crippen molar-refractivity contribution in [3.05, 3.63) is 23.8 Å². The summed E-state index contributed by atoms with van der Waals surface area (Å²) in [7, 11) is 0. The quantitative estimate of drug-likeness (QED) is 0.478. The van der Waals surface area contributed by atoms with Crippen LogP contribution in [0.25, 0.3) is 0 Å². The molecule has 0 aromatic carbocycles. The molecule has 0 saturated carbocycles. The van der Waals surface area contributed by atoms with Crippen LogP contribution in [0.2, 0.25) is 0 Å². The van der Waals surface area contributed by atoms with Gasteiger partial charge in [-0.25, -0.2) is 9.97 Å². The van der Waals surface area contributed by atoms with E-state index in [9.17, 15) is 4.79 Å². The van der Waals surface area contributed by atoms with Crippen LogP contribution >= 0.6 is 0 Å². The third-order valence-electron chi connectivity index (χ3n) is 1.29. The zero-order valence-electron chi connectivity index (χ0n) is 6.74. The maximum absolute atomic E-state index is 11.1. The fourth-order valence-corrected chi connectivity index (χ4v) is 0.708. The number of aromatic nitrogens is 2. The number of Topliss-reactive ketones (excluding diaryl/α,β-unsaturated/α-hetero) is 1. The summed E-state index contributed by atoms with van der Waals surface area (Å²) in [5.74, 6) is 2.23. The van der Waals surface area contributed by atoms with E-state index < -0.39 is 0 Å². The van der Waals surface area contributed by atoms with Gasteiger partial charge in [-0.1, -0.05) is 5.92 Å². The summed E-state index contributed by atoms with van der Waals surface area (Å²) >= 11 is 0. The predicted octanol–water partition coefficient (Wildman–Crippen LogP) is 0.991. The van der Waals surface area contributed by atoms with Gasteiger partial charge in [0.05, 0.1) is 6.42 Å². The highest BCUT2D eigenvalue weighted by atomic mass is 16.1. The fourth-order valence-electron chi connectivity index (χ4n) is 0.708. The summed E-state index contributed by atoms with van der Waals surface area (Å²) in [6.07, 6.45) is 8.22. The molecule has 12 heavy (non-hydrogen) atoms. The summed E-state index contributed by atoms with van der Waals surface area (Å²) in [5, 5.41) is 0. The molecule has 0 aliphatic heterocycles. The van der Waals surface area contributed by atoms with Gasteiger partial charge in [0, 0.05) is 12.4 Å². The van der Waals surface area contributed by atoms with Crippen molar-refractivity contribution in [1.29, 1.82) is 0 Å². The molecule has 1 aromatic rings. The van der Waals surface area contributed by atoms with Crippen molar-refractivity contribution in [2.75, 3.05) is 0 Å². The lowest BCUT2D eigenvalue weighted by molar-refractivity contribution is 0.0988. The third kappa shape index (κ3) is 1.89. The van der Waals surface area contributed by atoms with Crippen LogP contribution in [0.5, 0.6) is 0 Å². The van der Waals surface area contributed by atoms with Gasteiger partial charge in [0.2, 0.25) is 5.78 Å². The SMILES string of the molecule is C#CCC(=O)c1ncc(C)cn1. The number of rotatable bonds is 2. The standard InChI is InChI=1S/C9H8N2O/c1-3-4-8(12)9-10-5-7(2)6-11-9/h1,5-6H,4H2,2H3. The van der Waals surface area contributed by atoms with Crippen molar-refractivity contribution < 1.29 is 4.79 Å². The Morgan fingerprint density at radius 1 is 1.58 bits per heavy atom. The van der Waals surface area contributed by atoms with Crippen molar-refractivity contribution in [1.82, 2.24) is 9.97 Å². The highest BCUT2D eigenvalue weighted by molar-refractivity contribution is 5.93. The van der Waals surface area contributed by atoms with E-state index in [1.54, 1.807) is 12.4 Å². The second-order valence-corrected chi connectivity index (χ2v) is 2.39. The molecule has 0 fully saturated rings. The first-order chi connectivity index (χ1) is 5.74. The zero-order chi connectivity index (χ0) is 8.97. The van der Waals surface area contributed by atoms with Crippen LogP contribution in [0, 0.1) is 19.3 Å². The zero-order valence-corrected chi connectivity index (χ0v) is 6.74. The van der Waals surface area contributed by atoms with E-state index in [0.29, 0.717) is 0 Å². The van der Waals surface area contributed by atoms with E-state index in [0.717, 1.165) is 5.56 Å². The normalized spacial score (nSPS) is 9.00. The second-order valence-electron chi connectivity index (χ2n) is 2.39. The van der Waals surface area contributed by atoms with Gasteiger partial charge in [-0.15, -0.1) is 6.42 Å². The van der Waals surface area contributed by atoms with Gasteiger partial charge in [0.25, 0.3) is 0 Å². The van der Waals surface area contributed by atoms with Crippen molar-refractivity contribution in [3.8, 4) is 12.3 Å². The van der Waals surface area contributed by atoms with E-state index in [1.165, 1.54) is 0 Å². The summed E-state index contributed by atoms with van der Waals surface area (Å²) < 4.78 is 0. The van der Waals surface area contributed by atoms with E-state index >= 15 is 0 Å². The number of aryl methyl sites for hydroxylation is 1. The van der Waals surface area contributed by atoms with Crippen molar-refractivity contribution in [3.63, 3.8) is 0 Å². The van der Waals surface area contributed by atoms with Crippen molar-refractivity contribution in [2.24, 2.45) is 0 Å². The van der Waals surface area contributed by atoms with E-state index in [-0.39, 0.29) is 18.0 Å². The molecule has 0 amide bonds. The molecule has 0 unspecified atom stereocenters. The molecule has 0 aliphatic carbocycles. The van der Waals surface area contributed by atoms with Crippen LogP contribution in [0.4, 0.5) is 0 Å². The Morgan fingerprint density at radius 3 is 2.67 bits per heavy atom. The Labute approximate surface area is 70.9 Å². The average molecular weight is 160 g/mol. The first-order valence-corrected chi connectivity index (χ1v) is 3.49. The van der Waals surface area contributed by atoms with Crippen LogP contribution in [-0.4, -0.2) is 15.8 Å². The van der Waals surface area contributed by atoms with Crippen LogP contribution in [0.3, 0.4) is 0 Å². The second kappa shape index (κ2) is 3.63. The van der Waals surface area contributed by atoms with Crippen molar-refractivity contribution in [2.45, 2.75) is 13.3 Å². The molecule has 1 heterocycles. The van der Waals surface area contributed by atoms with Crippen LogP contribution in [0.1, 0.15) is 22.6 Å². The molecule has 0 aliphatic rings. The molecule has 0 bridgehead atoms. The molecular formula is C9H8N2O. The molecule has 0 radical (unpaired) electrons. The Morgan fingerprint density at radius 2 is 2.17 bits per heavy atom. The summed E-state index contributed by atoms with van der Waals surface area (Å²) in [6, 6.07) is 0. The highest BCUT2D eigenvalue weighted by Crippen LogP contribution is 1.96. The molecule has 60 valence electrons. The van der Waals surface area contributed by atoms with Gasteiger partial charge in [-0.05, 0) is 12.5 Å². The largest absolute Gasteiger partial charge is 0.290 e. The molecule has 3 heteroatoms. The predicted molar refractivity (Wildman–Crippen MR) is 44.5 cm³/mol. The maximum atomic E-state index is 11.1. The molecule has 1 aromatic heterocycles. The van der Waals surface area contributed by atoms with E-state index in [1.807, 2.05) is 6.92 Å². The maximum Gasteiger partial charge on any atom is 0.211 e. The molecular weight excluding hydrogens is 152 g/mol. The van der Waals surface area contributed by atoms with Gasteiger partial charge in [0.15, 0.2) is 5.82 Å². The first kappa shape index (κ1) is 8.41. The Bertz CT molecular complexity index is 321. The molecule has 3 nitrogen and oxygen atoms in total. The topological polar surface area (TPSA) is 42.9 Å². The Balaban J connectivity index is 2.84. The van der Waals surface area contributed by atoms with Gasteiger partial charge < -0.3 is 0 Å². The molecule has 0 N–H and O–H groups in total. The number of ketones is 1. The molecule has 0 saturated heterocycles. The van der Waals surface area contributed by atoms with Crippen LogP contribution in [-0.2, 0) is 0 Å².